The first-order valence-corrected chi connectivity index (χ1v) is 6.03. The Balaban J connectivity index is 2.05. The normalized spacial score (nSPS) is 17.2. The Morgan fingerprint density at radius 3 is 2.87 bits per heavy atom. The molecular weight excluding hydrogens is 208 g/mol. The Bertz CT molecular complexity index is 461. The van der Waals surface area contributed by atoms with Gasteiger partial charge in [0.25, 0.3) is 0 Å². The van der Waals surface area contributed by atoms with Gasteiger partial charge in [-0.2, -0.15) is 4.37 Å². The van der Waals surface area contributed by atoms with E-state index in [1.54, 1.807) is 6.33 Å². The number of hydrogen-bond acceptors (Lipinski definition) is 5. The lowest BCUT2D eigenvalue weighted by molar-refractivity contribution is 0.574. The number of piperidine rings is 1. The first-order chi connectivity index (χ1) is 7.45. The van der Waals surface area contributed by atoms with Gasteiger partial charge in [0.2, 0.25) is 0 Å². The second-order valence-corrected chi connectivity index (χ2v) is 4.57. The molecule has 0 radical (unpaired) electrons. The third kappa shape index (κ3) is 1.56. The summed E-state index contributed by atoms with van der Waals surface area (Å²) >= 11 is 1.44. The number of fused-ring (bicyclic) bond motifs is 1. The second kappa shape index (κ2) is 3.73. The van der Waals surface area contributed by atoms with Gasteiger partial charge in [0.05, 0.1) is 11.6 Å². The summed E-state index contributed by atoms with van der Waals surface area (Å²) in [6.45, 7) is 2.23. The van der Waals surface area contributed by atoms with Crippen molar-refractivity contribution in [2.75, 3.05) is 18.0 Å². The lowest BCUT2D eigenvalue weighted by Crippen LogP contribution is -2.30. The molecule has 2 aromatic rings. The van der Waals surface area contributed by atoms with Crippen molar-refractivity contribution in [3.05, 3.63) is 12.5 Å². The zero-order chi connectivity index (χ0) is 10.1. The fraction of sp³-hybridized carbons (Fsp3) is 0.500. The van der Waals surface area contributed by atoms with E-state index >= 15 is 0 Å². The fourth-order valence-corrected chi connectivity index (χ4v) is 2.64. The fourth-order valence-electron chi connectivity index (χ4n) is 2.04. The third-order valence-electron chi connectivity index (χ3n) is 2.80. The van der Waals surface area contributed by atoms with Crippen LogP contribution in [0.2, 0.25) is 0 Å². The molecule has 0 aliphatic carbocycles. The Morgan fingerprint density at radius 2 is 2.00 bits per heavy atom. The topological polar surface area (TPSA) is 41.9 Å². The zero-order valence-electron chi connectivity index (χ0n) is 8.39. The van der Waals surface area contributed by atoms with E-state index in [2.05, 4.69) is 19.2 Å². The maximum atomic E-state index is 4.38. The minimum atomic E-state index is 0.991. The molecule has 5 heteroatoms. The molecule has 0 aromatic carbocycles. The number of nitrogens with zero attached hydrogens (tertiary/aromatic N) is 4. The molecule has 0 saturated carbocycles. The molecule has 4 nitrogen and oxygen atoms in total. The summed E-state index contributed by atoms with van der Waals surface area (Å²) in [5.41, 5.74) is 0. The molecule has 1 fully saturated rings. The van der Waals surface area contributed by atoms with Crippen molar-refractivity contribution in [3.8, 4) is 0 Å². The predicted octanol–water partition coefficient (Wildman–Crippen LogP) is 2.08. The van der Waals surface area contributed by atoms with Gasteiger partial charge >= 0.3 is 0 Å². The minimum absolute atomic E-state index is 0.991. The molecule has 3 heterocycles. The van der Waals surface area contributed by atoms with E-state index in [1.165, 1.54) is 30.8 Å². The summed E-state index contributed by atoms with van der Waals surface area (Å²) in [6, 6.07) is 0. The molecule has 1 saturated heterocycles. The van der Waals surface area contributed by atoms with E-state index in [-0.39, 0.29) is 0 Å². The molecule has 0 N–H and O–H groups in total. The molecule has 0 unspecified atom stereocenters. The van der Waals surface area contributed by atoms with Crippen molar-refractivity contribution in [2.45, 2.75) is 19.3 Å². The highest BCUT2D eigenvalue weighted by molar-refractivity contribution is 7.12. The molecule has 0 amide bonds. The first-order valence-electron chi connectivity index (χ1n) is 5.25. The van der Waals surface area contributed by atoms with Crippen LogP contribution in [0.25, 0.3) is 10.2 Å². The van der Waals surface area contributed by atoms with E-state index in [1.807, 2.05) is 6.20 Å². The SMILES string of the molecule is c1nc(N2CCCCC2)c2cnsc2n1. The van der Waals surface area contributed by atoms with Crippen LogP contribution in [0, 0.1) is 0 Å². The smallest absolute Gasteiger partial charge is 0.148 e. The van der Waals surface area contributed by atoms with Crippen LogP contribution in [-0.2, 0) is 0 Å². The highest BCUT2D eigenvalue weighted by Gasteiger charge is 2.15. The largest absolute Gasteiger partial charge is 0.356 e. The van der Waals surface area contributed by atoms with Crippen molar-refractivity contribution < 1.29 is 0 Å². The molecule has 2 aromatic heterocycles. The van der Waals surface area contributed by atoms with Gasteiger partial charge in [-0.25, -0.2) is 9.97 Å². The van der Waals surface area contributed by atoms with Crippen molar-refractivity contribution in [1.29, 1.82) is 0 Å². The van der Waals surface area contributed by atoms with Crippen LogP contribution in [0.4, 0.5) is 5.82 Å². The number of aromatic nitrogens is 3. The Kier molecular flexibility index (Phi) is 2.25. The van der Waals surface area contributed by atoms with Crippen LogP contribution < -0.4 is 4.90 Å². The van der Waals surface area contributed by atoms with Crippen LogP contribution >= 0.6 is 11.5 Å². The molecular formula is C10H12N4S. The van der Waals surface area contributed by atoms with E-state index in [0.717, 1.165) is 29.1 Å². The second-order valence-electron chi connectivity index (χ2n) is 3.79. The number of rotatable bonds is 1. The first kappa shape index (κ1) is 9.03. The number of hydrogen-bond donors (Lipinski definition) is 0. The van der Waals surface area contributed by atoms with Crippen LogP contribution in [-0.4, -0.2) is 27.4 Å². The van der Waals surface area contributed by atoms with Gasteiger partial charge in [-0.3, -0.25) is 0 Å². The maximum Gasteiger partial charge on any atom is 0.148 e. The Labute approximate surface area is 92.1 Å². The molecule has 0 atom stereocenters. The summed E-state index contributed by atoms with van der Waals surface area (Å²) in [7, 11) is 0. The van der Waals surface area contributed by atoms with Gasteiger partial charge in [0, 0.05) is 13.1 Å². The summed E-state index contributed by atoms with van der Waals surface area (Å²) in [6.07, 6.45) is 7.40. The van der Waals surface area contributed by atoms with E-state index in [0.29, 0.717) is 0 Å². The van der Waals surface area contributed by atoms with Crippen LogP contribution in [0.5, 0.6) is 0 Å². The van der Waals surface area contributed by atoms with Gasteiger partial charge in [-0.15, -0.1) is 0 Å². The van der Waals surface area contributed by atoms with Crippen LogP contribution in [0.3, 0.4) is 0 Å². The molecule has 1 aliphatic heterocycles. The van der Waals surface area contributed by atoms with Gasteiger partial charge in [0.15, 0.2) is 0 Å². The average molecular weight is 220 g/mol. The highest BCUT2D eigenvalue weighted by Crippen LogP contribution is 2.26. The van der Waals surface area contributed by atoms with E-state index in [4.69, 9.17) is 0 Å². The van der Waals surface area contributed by atoms with Crippen molar-refractivity contribution >= 4 is 27.6 Å². The van der Waals surface area contributed by atoms with E-state index < -0.39 is 0 Å². The molecule has 0 spiro atoms. The van der Waals surface area contributed by atoms with Crippen molar-refractivity contribution in [1.82, 2.24) is 14.3 Å². The number of anilines is 1. The maximum absolute atomic E-state index is 4.38. The molecule has 15 heavy (non-hydrogen) atoms. The van der Waals surface area contributed by atoms with Crippen LogP contribution in [0.15, 0.2) is 12.5 Å². The lowest BCUT2D eigenvalue weighted by Gasteiger charge is -2.27. The van der Waals surface area contributed by atoms with Crippen molar-refractivity contribution in [3.63, 3.8) is 0 Å². The van der Waals surface area contributed by atoms with Gasteiger partial charge in [0.1, 0.15) is 17.0 Å². The zero-order valence-corrected chi connectivity index (χ0v) is 9.20. The molecule has 1 aliphatic rings. The van der Waals surface area contributed by atoms with Gasteiger partial charge < -0.3 is 4.90 Å². The summed E-state index contributed by atoms with van der Waals surface area (Å²) in [4.78, 5) is 11.9. The summed E-state index contributed by atoms with van der Waals surface area (Å²) in [5.74, 6) is 1.06. The Morgan fingerprint density at radius 1 is 1.13 bits per heavy atom. The van der Waals surface area contributed by atoms with Crippen molar-refractivity contribution in [2.24, 2.45) is 0 Å². The molecule has 3 rings (SSSR count). The standard InChI is InChI=1S/C10H12N4S/c1-2-4-14(5-3-1)9-8-6-13-15-10(8)12-7-11-9/h6-7H,1-5H2. The lowest BCUT2D eigenvalue weighted by atomic mass is 10.1. The minimum Gasteiger partial charge on any atom is -0.356 e. The van der Waals surface area contributed by atoms with Gasteiger partial charge in [-0.05, 0) is 30.8 Å². The van der Waals surface area contributed by atoms with Gasteiger partial charge in [-0.1, -0.05) is 0 Å². The van der Waals surface area contributed by atoms with E-state index in [9.17, 15) is 0 Å². The highest BCUT2D eigenvalue weighted by atomic mass is 32.1. The van der Waals surface area contributed by atoms with Crippen LogP contribution in [0.1, 0.15) is 19.3 Å². The Hall–Kier alpha value is -1.23. The predicted molar refractivity (Wildman–Crippen MR) is 61.3 cm³/mol. The summed E-state index contributed by atoms with van der Waals surface area (Å²) < 4.78 is 4.17. The quantitative estimate of drug-likeness (QED) is 0.738. The molecule has 0 bridgehead atoms. The monoisotopic (exact) mass is 220 g/mol. The average Bonchev–Trinajstić information content (AvgIpc) is 2.78. The third-order valence-corrected chi connectivity index (χ3v) is 3.51. The molecule has 78 valence electrons. The summed E-state index contributed by atoms with van der Waals surface area (Å²) in [5, 5.41) is 1.10.